The molecule has 2 aromatic rings. The van der Waals surface area contributed by atoms with E-state index in [1.807, 2.05) is 26.1 Å². The summed E-state index contributed by atoms with van der Waals surface area (Å²) in [6.45, 7) is 4.11. The summed E-state index contributed by atoms with van der Waals surface area (Å²) in [6.07, 6.45) is 0.866. The minimum atomic E-state index is 0.729. The first kappa shape index (κ1) is 12.5. The summed E-state index contributed by atoms with van der Waals surface area (Å²) in [6, 6.07) is 6.10. The lowest BCUT2D eigenvalue weighted by molar-refractivity contribution is 0.412. The van der Waals surface area contributed by atoms with Crippen molar-refractivity contribution in [1.82, 2.24) is 9.78 Å². The highest BCUT2D eigenvalue weighted by Gasteiger charge is 2.14. The van der Waals surface area contributed by atoms with Gasteiger partial charge in [0.2, 0.25) is 0 Å². The van der Waals surface area contributed by atoms with Gasteiger partial charge in [0.25, 0.3) is 0 Å². The van der Waals surface area contributed by atoms with Crippen LogP contribution in [0.3, 0.4) is 0 Å². The molecule has 0 amide bonds. The number of hydrogen-bond acceptors (Lipinski definition) is 3. The van der Waals surface area contributed by atoms with Crippen LogP contribution >= 0.6 is 0 Å². The zero-order valence-corrected chi connectivity index (χ0v) is 11.3. The van der Waals surface area contributed by atoms with Crippen molar-refractivity contribution in [1.29, 1.82) is 0 Å². The van der Waals surface area contributed by atoms with Crippen LogP contribution in [0.5, 0.6) is 5.75 Å². The number of ether oxygens (including phenoxy) is 1. The molecule has 0 radical (unpaired) electrons. The van der Waals surface area contributed by atoms with Crippen molar-refractivity contribution in [2.75, 3.05) is 12.8 Å². The third-order valence-corrected chi connectivity index (χ3v) is 3.23. The second kappa shape index (κ2) is 4.72. The largest absolute Gasteiger partial charge is 0.496 e. The molecule has 1 aromatic heterocycles. The second-order valence-corrected chi connectivity index (χ2v) is 4.37. The van der Waals surface area contributed by atoms with Gasteiger partial charge in [-0.2, -0.15) is 5.10 Å². The minimum absolute atomic E-state index is 0.729. The van der Waals surface area contributed by atoms with Gasteiger partial charge in [-0.05, 0) is 25.0 Å². The number of anilines is 1. The number of benzene rings is 1. The number of rotatable bonds is 3. The Hall–Kier alpha value is -1.97. The molecule has 4 nitrogen and oxygen atoms in total. The number of aryl methyl sites for hydroxylation is 2. The van der Waals surface area contributed by atoms with Gasteiger partial charge in [-0.15, -0.1) is 0 Å². The van der Waals surface area contributed by atoms with Gasteiger partial charge in [0.15, 0.2) is 0 Å². The molecule has 96 valence electrons. The van der Waals surface area contributed by atoms with Crippen LogP contribution in [-0.4, -0.2) is 16.9 Å². The van der Waals surface area contributed by atoms with Crippen LogP contribution in [0, 0.1) is 6.92 Å². The topological polar surface area (TPSA) is 53.1 Å². The fraction of sp³-hybridized carbons (Fsp3) is 0.357. The summed E-state index contributed by atoms with van der Waals surface area (Å²) in [4.78, 5) is 0. The van der Waals surface area contributed by atoms with Crippen molar-refractivity contribution in [3.05, 3.63) is 29.3 Å². The van der Waals surface area contributed by atoms with Crippen molar-refractivity contribution in [3.8, 4) is 17.0 Å². The summed E-state index contributed by atoms with van der Waals surface area (Å²) in [5.41, 5.74) is 10.2. The lowest BCUT2D eigenvalue weighted by atomic mass is 10.0. The zero-order valence-electron chi connectivity index (χ0n) is 11.3. The molecule has 18 heavy (non-hydrogen) atoms. The molecule has 1 aromatic carbocycles. The molecule has 0 aliphatic rings. The number of nitrogens with zero attached hydrogens (tertiary/aromatic N) is 2. The molecule has 0 bridgehead atoms. The molecule has 0 unspecified atom stereocenters. The Kier molecular flexibility index (Phi) is 3.28. The third kappa shape index (κ3) is 1.94. The first-order valence-corrected chi connectivity index (χ1v) is 6.04. The predicted octanol–water partition coefficient (Wildman–Crippen LogP) is 2.55. The average Bonchev–Trinajstić information content (AvgIpc) is 2.66. The number of hydrogen-bond donors (Lipinski definition) is 1. The van der Waals surface area contributed by atoms with E-state index in [4.69, 9.17) is 10.5 Å². The molecule has 0 aliphatic carbocycles. The monoisotopic (exact) mass is 245 g/mol. The van der Waals surface area contributed by atoms with Crippen LogP contribution in [0.2, 0.25) is 0 Å². The summed E-state index contributed by atoms with van der Waals surface area (Å²) < 4.78 is 7.07. The van der Waals surface area contributed by atoms with E-state index in [0.717, 1.165) is 40.4 Å². The molecule has 2 rings (SSSR count). The summed E-state index contributed by atoms with van der Waals surface area (Å²) in [7, 11) is 3.54. The number of nitrogen functional groups attached to an aromatic ring is 1. The third-order valence-electron chi connectivity index (χ3n) is 3.23. The molecule has 0 saturated heterocycles. The van der Waals surface area contributed by atoms with E-state index >= 15 is 0 Å². The second-order valence-electron chi connectivity index (χ2n) is 4.37. The van der Waals surface area contributed by atoms with E-state index in [1.54, 1.807) is 11.8 Å². The predicted molar refractivity (Wildman–Crippen MR) is 73.7 cm³/mol. The van der Waals surface area contributed by atoms with Crippen molar-refractivity contribution < 1.29 is 4.74 Å². The van der Waals surface area contributed by atoms with Crippen LogP contribution < -0.4 is 10.5 Å². The van der Waals surface area contributed by atoms with Crippen LogP contribution in [0.25, 0.3) is 11.3 Å². The Labute approximate surface area is 107 Å². The van der Waals surface area contributed by atoms with Crippen molar-refractivity contribution in [3.63, 3.8) is 0 Å². The van der Waals surface area contributed by atoms with E-state index in [-0.39, 0.29) is 0 Å². The summed E-state index contributed by atoms with van der Waals surface area (Å²) >= 11 is 0. The maximum absolute atomic E-state index is 6.02. The molecule has 1 heterocycles. The van der Waals surface area contributed by atoms with Gasteiger partial charge in [0.05, 0.1) is 12.8 Å². The normalized spacial score (nSPS) is 10.7. The Balaban J connectivity index is 2.58. The van der Waals surface area contributed by atoms with Crippen LogP contribution in [0.15, 0.2) is 18.2 Å². The zero-order chi connectivity index (χ0) is 13.3. The molecule has 0 aliphatic heterocycles. The molecule has 0 saturated carbocycles. The highest BCUT2D eigenvalue weighted by atomic mass is 16.5. The van der Waals surface area contributed by atoms with Crippen LogP contribution in [0.1, 0.15) is 18.1 Å². The SMILES string of the molecule is CCc1c(-c2ccc(C)c(OC)c2)nn(C)c1N. The maximum atomic E-state index is 6.02. The molecule has 0 spiro atoms. The van der Waals surface area contributed by atoms with Gasteiger partial charge >= 0.3 is 0 Å². The van der Waals surface area contributed by atoms with E-state index in [1.165, 1.54) is 0 Å². The van der Waals surface area contributed by atoms with E-state index in [9.17, 15) is 0 Å². The Morgan fingerprint density at radius 2 is 2.11 bits per heavy atom. The maximum Gasteiger partial charge on any atom is 0.125 e. The molecule has 2 N–H and O–H groups in total. The number of methoxy groups -OCH3 is 1. The molecular weight excluding hydrogens is 226 g/mol. The van der Waals surface area contributed by atoms with E-state index in [0.29, 0.717) is 0 Å². The van der Waals surface area contributed by atoms with Crippen molar-refractivity contribution in [2.24, 2.45) is 7.05 Å². The number of nitrogens with two attached hydrogens (primary N) is 1. The van der Waals surface area contributed by atoms with Gasteiger partial charge in [-0.25, -0.2) is 0 Å². The van der Waals surface area contributed by atoms with E-state index in [2.05, 4.69) is 18.1 Å². The van der Waals surface area contributed by atoms with Gasteiger partial charge in [-0.1, -0.05) is 19.1 Å². The Morgan fingerprint density at radius 3 is 2.72 bits per heavy atom. The van der Waals surface area contributed by atoms with Crippen LogP contribution in [0.4, 0.5) is 5.82 Å². The summed E-state index contributed by atoms with van der Waals surface area (Å²) in [5, 5.41) is 4.49. The fourth-order valence-corrected chi connectivity index (χ4v) is 2.13. The van der Waals surface area contributed by atoms with Gasteiger partial charge in [-0.3, -0.25) is 4.68 Å². The van der Waals surface area contributed by atoms with Crippen molar-refractivity contribution >= 4 is 5.82 Å². The average molecular weight is 245 g/mol. The quantitative estimate of drug-likeness (QED) is 0.904. The molecular formula is C14H19N3O. The first-order chi connectivity index (χ1) is 8.58. The highest BCUT2D eigenvalue weighted by Crippen LogP contribution is 2.30. The summed E-state index contributed by atoms with van der Waals surface area (Å²) in [5.74, 6) is 1.60. The fourth-order valence-electron chi connectivity index (χ4n) is 2.13. The van der Waals surface area contributed by atoms with Crippen LogP contribution in [-0.2, 0) is 13.5 Å². The lowest BCUT2D eigenvalue weighted by Gasteiger charge is -2.07. The van der Waals surface area contributed by atoms with Crippen molar-refractivity contribution in [2.45, 2.75) is 20.3 Å². The standard InChI is InChI=1S/C14H19N3O/c1-5-11-13(16-17(3)14(11)15)10-7-6-9(2)12(8-10)18-4/h6-8H,5,15H2,1-4H3. The Morgan fingerprint density at radius 1 is 1.39 bits per heavy atom. The smallest absolute Gasteiger partial charge is 0.125 e. The molecule has 0 atom stereocenters. The highest BCUT2D eigenvalue weighted by molar-refractivity contribution is 5.70. The molecule has 0 fully saturated rings. The van der Waals surface area contributed by atoms with Gasteiger partial charge in [0, 0.05) is 18.2 Å². The lowest BCUT2D eigenvalue weighted by Crippen LogP contribution is -1.98. The first-order valence-electron chi connectivity index (χ1n) is 6.04. The van der Waals surface area contributed by atoms with Gasteiger partial charge < -0.3 is 10.5 Å². The molecule has 4 heteroatoms. The van der Waals surface area contributed by atoms with Gasteiger partial charge in [0.1, 0.15) is 11.6 Å². The number of aromatic nitrogens is 2. The van der Waals surface area contributed by atoms with E-state index < -0.39 is 0 Å². The minimum Gasteiger partial charge on any atom is -0.496 e. The Bertz CT molecular complexity index is 573.